The zero-order valence-electron chi connectivity index (χ0n) is 12.8. The van der Waals surface area contributed by atoms with Crippen molar-refractivity contribution in [3.63, 3.8) is 0 Å². The molecule has 1 aromatic rings. The molecule has 0 bridgehead atoms. The van der Waals surface area contributed by atoms with Crippen LogP contribution in [0.2, 0.25) is 0 Å². The van der Waals surface area contributed by atoms with Crippen molar-refractivity contribution in [2.24, 2.45) is 0 Å². The molecule has 1 aliphatic carbocycles. The van der Waals surface area contributed by atoms with E-state index in [0.717, 1.165) is 5.56 Å². The van der Waals surface area contributed by atoms with Gasteiger partial charge in [0.2, 0.25) is 5.91 Å². The van der Waals surface area contributed by atoms with Gasteiger partial charge in [-0.25, -0.2) is 9.59 Å². The predicted octanol–water partition coefficient (Wildman–Crippen LogP) is 1.14. The molecule has 1 amide bonds. The Morgan fingerprint density at radius 1 is 1.29 bits per heavy atom. The van der Waals surface area contributed by atoms with Crippen molar-refractivity contribution < 1.29 is 29.7 Å². The molecule has 1 aromatic carbocycles. The number of carbonyl (C=O) groups is 3. The number of aliphatic hydroxyl groups excluding tert-OH is 1. The van der Waals surface area contributed by atoms with Crippen molar-refractivity contribution in [1.29, 1.82) is 0 Å². The number of aliphatic carboxylic acids is 1. The molecule has 1 aliphatic rings. The smallest absolute Gasteiger partial charge is 0.335 e. The van der Waals surface area contributed by atoms with Gasteiger partial charge in [0.15, 0.2) is 0 Å². The van der Waals surface area contributed by atoms with Crippen molar-refractivity contribution in [2.75, 3.05) is 5.75 Å². The first kappa shape index (κ1) is 18.0. The quantitative estimate of drug-likeness (QED) is 0.606. The monoisotopic (exact) mass is 351 g/mol. The number of aliphatic hydroxyl groups is 1. The van der Waals surface area contributed by atoms with Crippen LogP contribution in [0.1, 0.15) is 34.5 Å². The van der Waals surface area contributed by atoms with Gasteiger partial charge in [-0.2, -0.15) is 0 Å². The van der Waals surface area contributed by atoms with Gasteiger partial charge in [-0.05, 0) is 23.3 Å². The van der Waals surface area contributed by atoms with Crippen LogP contribution in [0.3, 0.4) is 0 Å². The highest BCUT2D eigenvalue weighted by atomic mass is 32.2. The van der Waals surface area contributed by atoms with E-state index in [1.54, 1.807) is 18.2 Å². The third-order valence-corrected chi connectivity index (χ3v) is 4.89. The van der Waals surface area contributed by atoms with E-state index in [0.29, 0.717) is 5.56 Å². The molecule has 4 N–H and O–H groups in total. The van der Waals surface area contributed by atoms with E-state index >= 15 is 0 Å². The van der Waals surface area contributed by atoms with Gasteiger partial charge in [-0.3, -0.25) is 4.79 Å². The Bertz CT molecular complexity index is 702. The van der Waals surface area contributed by atoms with Crippen LogP contribution >= 0.6 is 11.8 Å². The number of aromatic carboxylic acids is 1. The maximum atomic E-state index is 11.1. The zero-order valence-corrected chi connectivity index (χ0v) is 13.6. The summed E-state index contributed by atoms with van der Waals surface area (Å²) >= 11 is 1.18. The zero-order chi connectivity index (χ0) is 17.9. The Morgan fingerprint density at radius 2 is 2.00 bits per heavy atom. The molecule has 8 heteroatoms. The molecule has 0 spiro atoms. The fraction of sp³-hybridized carbons (Fsp3) is 0.312. The molecule has 24 heavy (non-hydrogen) atoms. The molecule has 0 unspecified atom stereocenters. The third-order valence-electron chi connectivity index (χ3n) is 3.56. The second-order valence-corrected chi connectivity index (χ2v) is 6.55. The fourth-order valence-electron chi connectivity index (χ4n) is 2.37. The lowest BCUT2D eigenvalue weighted by Gasteiger charge is -2.26. The van der Waals surface area contributed by atoms with E-state index in [9.17, 15) is 19.5 Å². The number of amides is 1. The maximum Gasteiger partial charge on any atom is 0.335 e. The molecule has 7 nitrogen and oxygen atoms in total. The number of carboxylic acids is 2. The summed E-state index contributed by atoms with van der Waals surface area (Å²) in [7, 11) is 0. The number of thioether (sulfide) groups is 1. The van der Waals surface area contributed by atoms with Crippen molar-refractivity contribution in [3.05, 3.63) is 41.0 Å². The number of carbonyl (C=O) groups excluding carboxylic acids is 1. The molecule has 0 saturated carbocycles. The summed E-state index contributed by atoms with van der Waals surface area (Å²) in [6.07, 6.45) is 2.55. The Morgan fingerprint density at radius 3 is 2.58 bits per heavy atom. The Hall–Kier alpha value is -2.32. The van der Waals surface area contributed by atoms with Crippen molar-refractivity contribution in [2.45, 2.75) is 24.3 Å². The Kier molecular flexibility index (Phi) is 5.63. The van der Waals surface area contributed by atoms with E-state index in [2.05, 4.69) is 5.32 Å². The first-order valence-corrected chi connectivity index (χ1v) is 8.19. The number of hydrogen-bond donors (Lipinski definition) is 4. The molecule has 0 saturated heterocycles. The fourth-order valence-corrected chi connectivity index (χ4v) is 3.53. The third kappa shape index (κ3) is 4.15. The number of fused-ring (bicyclic) bond motifs is 1. The maximum absolute atomic E-state index is 11.1. The van der Waals surface area contributed by atoms with Gasteiger partial charge in [0.25, 0.3) is 0 Å². The first-order valence-electron chi connectivity index (χ1n) is 7.14. The average Bonchev–Trinajstić information content (AvgIpc) is 2.52. The van der Waals surface area contributed by atoms with E-state index in [1.807, 2.05) is 0 Å². The van der Waals surface area contributed by atoms with Gasteiger partial charge < -0.3 is 20.6 Å². The molecule has 0 aliphatic heterocycles. The largest absolute Gasteiger partial charge is 0.480 e. The summed E-state index contributed by atoms with van der Waals surface area (Å²) in [6.45, 7) is 1.24. The van der Waals surface area contributed by atoms with Crippen LogP contribution < -0.4 is 5.32 Å². The minimum atomic E-state index is -1.15. The predicted molar refractivity (Wildman–Crippen MR) is 88.9 cm³/mol. The Labute approximate surface area is 142 Å². The van der Waals surface area contributed by atoms with Gasteiger partial charge in [-0.1, -0.05) is 18.2 Å². The van der Waals surface area contributed by atoms with Crippen LogP contribution in [0.15, 0.2) is 24.3 Å². The molecule has 0 radical (unpaired) electrons. The van der Waals surface area contributed by atoms with Crippen LogP contribution in [0.5, 0.6) is 0 Å². The van der Waals surface area contributed by atoms with Crippen LogP contribution in [0.25, 0.3) is 6.08 Å². The first-order chi connectivity index (χ1) is 11.3. The summed E-state index contributed by atoms with van der Waals surface area (Å²) in [5.41, 5.74) is 1.29. The van der Waals surface area contributed by atoms with E-state index in [4.69, 9.17) is 10.2 Å². The highest BCUT2D eigenvalue weighted by Crippen LogP contribution is 2.35. The van der Waals surface area contributed by atoms with E-state index < -0.39 is 35.2 Å². The lowest BCUT2D eigenvalue weighted by molar-refractivity contribution is -0.140. The van der Waals surface area contributed by atoms with Gasteiger partial charge in [0.05, 0.1) is 16.9 Å². The highest BCUT2D eigenvalue weighted by Gasteiger charge is 2.28. The molecular formula is C16H17NO6S. The summed E-state index contributed by atoms with van der Waals surface area (Å²) in [6, 6.07) is 3.45. The van der Waals surface area contributed by atoms with Gasteiger partial charge in [0, 0.05) is 12.7 Å². The normalized spacial score (nSPS) is 20.1. The lowest BCUT2D eigenvalue weighted by atomic mass is 9.93. The summed E-state index contributed by atoms with van der Waals surface area (Å²) in [5.74, 6) is -2.60. The number of hydrogen-bond acceptors (Lipinski definition) is 5. The number of benzene rings is 1. The second-order valence-electron chi connectivity index (χ2n) is 5.34. The summed E-state index contributed by atoms with van der Waals surface area (Å²) in [5, 5.41) is 30.5. The standard InChI is InChI=1S/C16H17NO6S/c1-8(18)17-12(16(22)23)7-24-13-5-4-9-2-3-10(15(20)21)6-11(9)14(13)19/h2-6,12-14,19H,7H2,1H3,(H,17,18)(H,20,21)(H,22,23)/t12-,13-,14-/m0/s1. The number of rotatable bonds is 6. The molecule has 3 atom stereocenters. The molecule has 0 heterocycles. The second kappa shape index (κ2) is 7.50. The van der Waals surface area contributed by atoms with Gasteiger partial charge >= 0.3 is 11.9 Å². The van der Waals surface area contributed by atoms with E-state index in [1.165, 1.54) is 30.8 Å². The molecular weight excluding hydrogens is 334 g/mol. The van der Waals surface area contributed by atoms with Crippen LogP contribution in [-0.4, -0.2) is 50.2 Å². The SMILES string of the molecule is CC(=O)N[C@@H](CS[C@H]1C=Cc2ccc(C(=O)O)cc2[C@@H]1O)C(=O)O. The van der Waals surface area contributed by atoms with Crippen LogP contribution in [-0.2, 0) is 9.59 Å². The number of carboxylic acid groups (broad SMARTS) is 2. The van der Waals surface area contributed by atoms with Crippen molar-refractivity contribution >= 4 is 35.7 Å². The number of nitrogens with one attached hydrogen (secondary N) is 1. The van der Waals surface area contributed by atoms with E-state index in [-0.39, 0.29) is 11.3 Å². The summed E-state index contributed by atoms with van der Waals surface area (Å²) in [4.78, 5) is 33.2. The Balaban J connectivity index is 2.11. The minimum Gasteiger partial charge on any atom is -0.480 e. The topological polar surface area (TPSA) is 124 Å². The van der Waals surface area contributed by atoms with Crippen LogP contribution in [0, 0.1) is 0 Å². The highest BCUT2D eigenvalue weighted by molar-refractivity contribution is 8.00. The van der Waals surface area contributed by atoms with Gasteiger partial charge in [0.1, 0.15) is 6.04 Å². The summed E-state index contributed by atoms with van der Waals surface area (Å²) < 4.78 is 0. The minimum absolute atomic E-state index is 0.0773. The molecule has 0 aromatic heterocycles. The van der Waals surface area contributed by atoms with Crippen molar-refractivity contribution in [1.82, 2.24) is 5.32 Å². The molecule has 2 rings (SSSR count). The molecule has 0 fully saturated rings. The lowest BCUT2D eigenvalue weighted by Crippen LogP contribution is -2.42. The van der Waals surface area contributed by atoms with Crippen molar-refractivity contribution in [3.8, 4) is 0 Å². The van der Waals surface area contributed by atoms with Crippen LogP contribution in [0.4, 0.5) is 0 Å². The van der Waals surface area contributed by atoms with Gasteiger partial charge in [-0.15, -0.1) is 11.8 Å². The molecule has 128 valence electrons. The average molecular weight is 351 g/mol.